The van der Waals surface area contributed by atoms with Crippen LogP contribution in [0, 0.1) is 41.4 Å². The Morgan fingerprint density at radius 1 is 0.587 bits per heavy atom. The Labute approximate surface area is 554 Å². The van der Waals surface area contributed by atoms with E-state index in [2.05, 4.69) is 21.3 Å². The van der Waals surface area contributed by atoms with Gasteiger partial charge in [-0.15, -0.1) is 12.6 Å². The zero-order valence-electron chi connectivity index (χ0n) is 59.6. The first-order valence-corrected chi connectivity index (χ1v) is 33.1. The molecule has 1 aliphatic rings. The van der Waals surface area contributed by atoms with E-state index in [9.17, 15) is 38.7 Å². The van der Waals surface area contributed by atoms with E-state index in [1.54, 1.807) is 72.8 Å². The first kappa shape index (κ1) is 81.5. The monoisotopic (exact) mass is 1310 g/mol. The maximum Gasteiger partial charge on any atom is 0.255 e. The summed E-state index contributed by atoms with van der Waals surface area (Å²) in [4.78, 5) is 177. The zero-order chi connectivity index (χ0) is 70.9. The SMILES string of the molecule is C/C=C/C[C@@H](C)[C@@H](O)[C@H]1C(=O)N[C@@H](CC)C(=O)N(C)CC(=O)N(C)[C@@H](CC(C)C)C(=O)N[C@@H](C(C)C)C(=O)N(C)[C@@H](CC(C)C)C(=O)N[C@@H](C)C(=O)N[C@H](C)C(=O)N(C)[C@@H](CC(C)C)C(=O)N(C)[C@@H](CC(C)C)C(=O)N(C)[C@](c2ncccc2S)(C(C)C)C(=O)N1C. The third kappa shape index (κ3) is 20.4. The molecule has 1 fully saturated rings. The van der Waals surface area contributed by atoms with E-state index in [1.807, 2.05) is 55.4 Å². The van der Waals surface area contributed by atoms with Crippen LogP contribution in [0.2, 0.25) is 0 Å². The van der Waals surface area contributed by atoms with E-state index >= 15 is 19.2 Å². The normalized spacial score (nSPS) is 26.5. The topological polar surface area (TPSA) is 292 Å². The predicted molar refractivity (Wildman–Crippen MR) is 358 cm³/mol. The van der Waals surface area contributed by atoms with Gasteiger partial charge in [0, 0.05) is 60.4 Å². The standard InChI is InChI=1S/C67H114N12O12S/c1-25-27-29-43(15)55(81)54-60(85)71-46(26-2)62(87)73(18)36-52(80)74(19)47(32-37(3)4)59(84)72-53(41(11)12)65(90)75(20)48(33-38(5)6)58(83)69-44(16)57(82)70-45(17)61(86)76(21)49(34-39(7)8)63(88)77(22)50(35-40(9)10)64(89)79(24)67(42(13)14,66(91)78(54)23)56-51(92)30-28-31-68-56/h25,27-28,30-31,37-50,53-55,81,92H,26,29,32-36H2,1-24H3,(H,69,83)(H,70,82)(H,71,85)(H,72,84)/b27-25+/t43-,44+,45-,46+,47+,48+,49+,50+,53+,54+,55-,67+/m1/s1. The maximum absolute atomic E-state index is 16.3. The number of aliphatic hydroxyl groups is 1. The summed E-state index contributed by atoms with van der Waals surface area (Å²) in [5, 5.41) is 23.5. The molecule has 5 N–H and O–H groups in total. The molecule has 520 valence electrons. The number of amides is 11. The lowest BCUT2D eigenvalue weighted by atomic mass is 9.78. The highest BCUT2D eigenvalue weighted by Gasteiger charge is 2.56. The van der Waals surface area contributed by atoms with Gasteiger partial charge in [-0.25, -0.2) is 0 Å². The van der Waals surface area contributed by atoms with Crippen LogP contribution >= 0.6 is 12.6 Å². The number of aromatic nitrogens is 1. The largest absolute Gasteiger partial charge is 0.390 e. The molecule has 0 aliphatic carbocycles. The van der Waals surface area contributed by atoms with Gasteiger partial charge in [0.05, 0.1) is 18.3 Å². The molecule has 1 aromatic heterocycles. The number of nitrogens with one attached hydrogen (secondary N) is 4. The van der Waals surface area contributed by atoms with Gasteiger partial charge in [0.1, 0.15) is 54.4 Å². The van der Waals surface area contributed by atoms with Crippen molar-refractivity contribution in [2.24, 2.45) is 41.4 Å². The van der Waals surface area contributed by atoms with E-state index < -0.39 is 155 Å². The molecule has 24 nitrogen and oxygen atoms in total. The van der Waals surface area contributed by atoms with Crippen LogP contribution in [0.5, 0.6) is 0 Å². The van der Waals surface area contributed by atoms with Crippen LogP contribution in [0.1, 0.15) is 162 Å². The Hall–Kier alpha value is -6.63. The molecular formula is C67H114N12O12S. The Morgan fingerprint density at radius 2 is 1.05 bits per heavy atom. The number of hydrogen-bond donors (Lipinski definition) is 6. The number of rotatable bonds is 16. The van der Waals surface area contributed by atoms with Gasteiger partial charge in [-0.3, -0.25) is 57.7 Å². The van der Waals surface area contributed by atoms with Crippen molar-refractivity contribution in [3.05, 3.63) is 36.2 Å². The first-order valence-electron chi connectivity index (χ1n) is 32.6. The summed E-state index contributed by atoms with van der Waals surface area (Å²) in [5.74, 6) is -10.8. The van der Waals surface area contributed by atoms with Crippen LogP contribution < -0.4 is 21.3 Å². The van der Waals surface area contributed by atoms with Gasteiger partial charge in [-0.2, -0.15) is 0 Å². The average molecular weight is 1310 g/mol. The van der Waals surface area contributed by atoms with Crippen molar-refractivity contribution in [1.29, 1.82) is 0 Å². The number of thiol groups is 1. The molecule has 0 radical (unpaired) electrons. The summed E-state index contributed by atoms with van der Waals surface area (Å²) >= 11 is 4.82. The van der Waals surface area contributed by atoms with Crippen LogP contribution in [-0.4, -0.2) is 226 Å². The minimum Gasteiger partial charge on any atom is -0.390 e. The Kier molecular flexibility index (Phi) is 32.0. The highest BCUT2D eigenvalue weighted by atomic mass is 32.1. The molecule has 0 unspecified atom stereocenters. The van der Waals surface area contributed by atoms with Crippen molar-refractivity contribution in [1.82, 2.24) is 60.6 Å². The number of aliphatic hydroxyl groups excluding tert-OH is 1. The van der Waals surface area contributed by atoms with Crippen LogP contribution in [0.15, 0.2) is 35.4 Å². The fourth-order valence-corrected chi connectivity index (χ4v) is 12.2. The first-order chi connectivity index (χ1) is 42.6. The molecule has 92 heavy (non-hydrogen) atoms. The lowest BCUT2D eigenvalue weighted by molar-refractivity contribution is -0.166. The zero-order valence-corrected chi connectivity index (χ0v) is 60.5. The second kappa shape index (κ2) is 36.1. The molecule has 2 rings (SSSR count). The molecule has 11 amide bonds. The second-order valence-corrected chi connectivity index (χ2v) is 28.1. The number of allylic oxidation sites excluding steroid dienone is 2. The molecule has 0 bridgehead atoms. The van der Waals surface area contributed by atoms with E-state index in [4.69, 9.17) is 17.6 Å². The quantitative estimate of drug-likeness (QED) is 0.0985. The van der Waals surface area contributed by atoms with Crippen molar-refractivity contribution in [2.45, 2.75) is 227 Å². The molecule has 0 saturated carbocycles. The lowest BCUT2D eigenvalue weighted by Gasteiger charge is -2.48. The van der Waals surface area contributed by atoms with Crippen LogP contribution in [-0.2, 0) is 58.3 Å². The molecular weight excluding hydrogens is 1200 g/mol. The van der Waals surface area contributed by atoms with Crippen LogP contribution in [0.25, 0.3) is 0 Å². The van der Waals surface area contributed by atoms with Gasteiger partial charge in [-0.1, -0.05) is 109 Å². The molecule has 1 saturated heterocycles. The van der Waals surface area contributed by atoms with E-state index in [1.165, 1.54) is 93.9 Å². The summed E-state index contributed by atoms with van der Waals surface area (Å²) in [5.41, 5.74) is -2.13. The third-order valence-electron chi connectivity index (χ3n) is 17.6. The molecule has 2 heterocycles. The number of carbonyl (C=O) groups excluding carboxylic acids is 11. The average Bonchev–Trinajstić information content (AvgIpc) is 0.735. The van der Waals surface area contributed by atoms with E-state index in [-0.39, 0.29) is 72.8 Å². The minimum absolute atomic E-state index is 0.0153. The summed E-state index contributed by atoms with van der Waals surface area (Å²) in [6.07, 6.45) is 4.09. The fourth-order valence-electron chi connectivity index (χ4n) is 11.9. The summed E-state index contributed by atoms with van der Waals surface area (Å²) in [6, 6.07) is -8.41. The van der Waals surface area contributed by atoms with E-state index in [0.717, 1.165) is 9.80 Å². The third-order valence-corrected chi connectivity index (χ3v) is 17.9. The number of likely N-dealkylation sites (N-methyl/N-ethyl adjacent to an activating group) is 7. The van der Waals surface area contributed by atoms with Gasteiger partial charge in [0.25, 0.3) is 5.91 Å². The second-order valence-electron chi connectivity index (χ2n) is 27.6. The lowest BCUT2D eigenvalue weighted by Crippen LogP contribution is -2.67. The van der Waals surface area contributed by atoms with Gasteiger partial charge in [-0.05, 0) is 113 Å². The number of nitrogens with zero attached hydrogens (tertiary/aromatic N) is 8. The minimum atomic E-state index is -2.15. The van der Waals surface area contributed by atoms with Gasteiger partial charge in [0.15, 0.2) is 5.54 Å². The summed E-state index contributed by atoms with van der Waals surface area (Å²) < 4.78 is 0. The highest BCUT2D eigenvalue weighted by molar-refractivity contribution is 7.80. The number of hydrogen-bond acceptors (Lipinski definition) is 14. The van der Waals surface area contributed by atoms with Crippen molar-refractivity contribution in [3.63, 3.8) is 0 Å². The maximum atomic E-state index is 16.3. The van der Waals surface area contributed by atoms with Crippen molar-refractivity contribution in [2.75, 3.05) is 55.9 Å². The van der Waals surface area contributed by atoms with Crippen molar-refractivity contribution >= 4 is 77.6 Å². The number of pyridine rings is 1. The summed E-state index contributed by atoms with van der Waals surface area (Å²) in [7, 11) is 9.82. The number of carbonyl (C=O) groups is 11. The molecule has 0 spiro atoms. The van der Waals surface area contributed by atoms with Crippen LogP contribution in [0.4, 0.5) is 0 Å². The Bertz CT molecular complexity index is 2760. The van der Waals surface area contributed by atoms with Crippen LogP contribution in [0.3, 0.4) is 0 Å². The predicted octanol–water partition coefficient (Wildman–Crippen LogP) is 4.48. The molecule has 1 aromatic rings. The smallest absolute Gasteiger partial charge is 0.255 e. The van der Waals surface area contributed by atoms with E-state index in [0.29, 0.717) is 0 Å². The summed E-state index contributed by atoms with van der Waals surface area (Å²) in [6.45, 7) is 29.1. The Morgan fingerprint density at radius 3 is 1.53 bits per heavy atom. The molecule has 12 atom stereocenters. The fraction of sp³-hybridized carbons (Fsp3) is 0.731. The van der Waals surface area contributed by atoms with Gasteiger partial charge < -0.3 is 60.7 Å². The van der Waals surface area contributed by atoms with Crippen molar-refractivity contribution in [3.8, 4) is 0 Å². The Balaban J connectivity index is 3.18. The van der Waals surface area contributed by atoms with Gasteiger partial charge >= 0.3 is 0 Å². The van der Waals surface area contributed by atoms with Crippen molar-refractivity contribution < 1.29 is 57.8 Å². The molecule has 0 aromatic carbocycles. The molecule has 25 heteroatoms. The highest BCUT2D eigenvalue weighted by Crippen LogP contribution is 2.41. The molecule has 1 aliphatic heterocycles. The van der Waals surface area contributed by atoms with Gasteiger partial charge in [0.2, 0.25) is 59.1 Å².